The molecule has 1 aliphatic carbocycles. The summed E-state index contributed by atoms with van der Waals surface area (Å²) in [5, 5.41) is 3.80. The molecule has 156 valence electrons. The molecule has 0 saturated carbocycles. The van der Waals surface area contributed by atoms with Gasteiger partial charge in [0.05, 0.1) is 6.04 Å². The van der Waals surface area contributed by atoms with Crippen molar-refractivity contribution in [3.63, 3.8) is 0 Å². The van der Waals surface area contributed by atoms with Crippen LogP contribution in [0.3, 0.4) is 0 Å². The molecule has 31 heavy (non-hydrogen) atoms. The van der Waals surface area contributed by atoms with Crippen molar-refractivity contribution in [2.75, 3.05) is 16.8 Å². The molecule has 1 amide bonds. The second kappa shape index (κ2) is 8.07. The second-order valence-electron chi connectivity index (χ2n) is 8.52. The number of allylic oxidation sites excluding steroid dienone is 2. The number of rotatable bonds is 4. The summed E-state index contributed by atoms with van der Waals surface area (Å²) in [6.07, 6.45) is 5.69. The first-order valence-corrected chi connectivity index (χ1v) is 11.2. The molecule has 3 aromatic rings. The molecule has 3 heteroatoms. The Morgan fingerprint density at radius 2 is 1.77 bits per heavy atom. The molecule has 1 aliphatic heterocycles. The maximum atomic E-state index is 13.4. The number of aryl methyl sites for hydroxylation is 1. The molecule has 2 aliphatic rings. The van der Waals surface area contributed by atoms with E-state index in [-0.39, 0.29) is 11.9 Å². The van der Waals surface area contributed by atoms with Crippen molar-refractivity contribution in [2.24, 2.45) is 5.92 Å². The smallest absolute Gasteiger partial charge is 0.258 e. The predicted octanol–water partition coefficient (Wildman–Crippen LogP) is 6.49. The van der Waals surface area contributed by atoms with E-state index >= 15 is 0 Å². The Hall–Kier alpha value is -3.33. The van der Waals surface area contributed by atoms with Crippen molar-refractivity contribution in [3.05, 3.63) is 107 Å². The highest BCUT2D eigenvalue weighted by Gasteiger charge is 2.38. The third kappa shape index (κ3) is 3.44. The molecule has 0 radical (unpaired) electrons. The second-order valence-corrected chi connectivity index (χ2v) is 8.52. The van der Waals surface area contributed by atoms with Gasteiger partial charge >= 0.3 is 0 Å². The van der Waals surface area contributed by atoms with Gasteiger partial charge in [0.15, 0.2) is 0 Å². The lowest BCUT2D eigenvalue weighted by Crippen LogP contribution is -2.32. The minimum absolute atomic E-state index is 0.0519. The van der Waals surface area contributed by atoms with Crippen molar-refractivity contribution < 1.29 is 4.79 Å². The van der Waals surface area contributed by atoms with Gasteiger partial charge in [0.1, 0.15) is 0 Å². The van der Waals surface area contributed by atoms with Gasteiger partial charge in [-0.2, -0.15) is 0 Å². The highest BCUT2D eigenvalue weighted by molar-refractivity contribution is 6.06. The summed E-state index contributed by atoms with van der Waals surface area (Å²) in [5.41, 5.74) is 6.75. The van der Waals surface area contributed by atoms with E-state index in [9.17, 15) is 4.79 Å². The largest absolute Gasteiger partial charge is 0.378 e. The number of nitrogens with one attached hydrogen (secondary N) is 1. The number of nitrogens with zero attached hydrogens (tertiary/aromatic N) is 1. The highest BCUT2D eigenvalue weighted by Crippen LogP contribution is 2.50. The summed E-state index contributed by atoms with van der Waals surface area (Å²) in [4.78, 5) is 15.2. The zero-order valence-electron chi connectivity index (χ0n) is 18.1. The Balaban J connectivity index is 1.50. The van der Waals surface area contributed by atoms with Gasteiger partial charge in [-0.15, -0.1) is 0 Å². The number of carbonyl (C=O) groups is 1. The van der Waals surface area contributed by atoms with Gasteiger partial charge in [0.2, 0.25) is 0 Å². The number of anilines is 2. The quantitative estimate of drug-likeness (QED) is 0.501. The first kappa shape index (κ1) is 19.6. The van der Waals surface area contributed by atoms with Gasteiger partial charge < -0.3 is 10.2 Å². The SMILES string of the molecule is CCN(C(=O)c1ccc2c(c1)C1C=CCC1C(c1ccccc1C)N2)c1ccccc1. The Morgan fingerprint density at radius 3 is 2.55 bits per heavy atom. The van der Waals surface area contributed by atoms with Gasteiger partial charge in [0, 0.05) is 29.4 Å². The minimum atomic E-state index is 0.0519. The highest BCUT2D eigenvalue weighted by atomic mass is 16.2. The van der Waals surface area contributed by atoms with Crippen molar-refractivity contribution in [1.82, 2.24) is 0 Å². The van der Waals surface area contributed by atoms with Crippen LogP contribution in [-0.4, -0.2) is 12.5 Å². The van der Waals surface area contributed by atoms with Crippen LogP contribution in [-0.2, 0) is 0 Å². The molecule has 3 unspecified atom stereocenters. The molecule has 1 N–H and O–H groups in total. The fraction of sp³-hybridized carbons (Fsp3) is 0.250. The number of fused-ring (bicyclic) bond motifs is 3. The molecular weight excluding hydrogens is 380 g/mol. The number of amides is 1. The summed E-state index contributed by atoms with van der Waals surface area (Å²) in [5.74, 6) is 0.854. The van der Waals surface area contributed by atoms with Crippen LogP contribution in [0.15, 0.2) is 84.9 Å². The van der Waals surface area contributed by atoms with Gasteiger partial charge in [-0.25, -0.2) is 0 Å². The Bertz CT molecular complexity index is 1130. The van der Waals surface area contributed by atoms with E-state index in [1.807, 2.05) is 48.2 Å². The summed E-state index contributed by atoms with van der Waals surface area (Å²) in [6, 6.07) is 25.0. The topological polar surface area (TPSA) is 32.3 Å². The van der Waals surface area contributed by atoms with E-state index < -0.39 is 0 Å². The fourth-order valence-electron chi connectivity index (χ4n) is 5.18. The monoisotopic (exact) mass is 408 g/mol. The number of hydrogen-bond donors (Lipinski definition) is 1. The van der Waals surface area contributed by atoms with Gasteiger partial charge in [-0.3, -0.25) is 4.79 Å². The number of hydrogen-bond acceptors (Lipinski definition) is 2. The van der Waals surface area contributed by atoms with Crippen molar-refractivity contribution in [3.8, 4) is 0 Å². The standard InChI is InChI=1S/C28H28N2O/c1-3-30(21-11-5-4-6-12-21)28(31)20-16-17-26-25(18-20)23-14-9-15-24(23)27(29-26)22-13-8-7-10-19(22)2/h4-14,16-18,23-24,27,29H,3,15H2,1-2H3. The fourth-order valence-corrected chi connectivity index (χ4v) is 5.18. The summed E-state index contributed by atoms with van der Waals surface area (Å²) < 4.78 is 0. The van der Waals surface area contributed by atoms with Crippen molar-refractivity contribution in [1.29, 1.82) is 0 Å². The van der Waals surface area contributed by atoms with Crippen molar-refractivity contribution >= 4 is 17.3 Å². The molecule has 0 saturated heterocycles. The molecule has 0 spiro atoms. The van der Waals surface area contributed by atoms with Crippen LogP contribution in [0, 0.1) is 12.8 Å². The van der Waals surface area contributed by atoms with E-state index in [1.165, 1.54) is 16.7 Å². The van der Waals surface area contributed by atoms with Gasteiger partial charge in [-0.05, 0) is 73.2 Å². The third-order valence-corrected chi connectivity index (χ3v) is 6.76. The Labute approximate surface area is 184 Å². The van der Waals surface area contributed by atoms with Crippen LogP contribution in [0.4, 0.5) is 11.4 Å². The summed E-state index contributed by atoms with van der Waals surface area (Å²) >= 11 is 0. The molecule has 0 bridgehead atoms. The molecule has 3 atom stereocenters. The van der Waals surface area contributed by atoms with Crippen LogP contribution in [0.25, 0.3) is 0 Å². The van der Waals surface area contributed by atoms with Crippen LogP contribution in [0.2, 0.25) is 0 Å². The zero-order chi connectivity index (χ0) is 21.4. The Morgan fingerprint density at radius 1 is 1.00 bits per heavy atom. The molecule has 5 rings (SSSR count). The predicted molar refractivity (Wildman–Crippen MR) is 128 cm³/mol. The van der Waals surface area contributed by atoms with Crippen LogP contribution in [0.1, 0.15) is 52.4 Å². The molecule has 1 heterocycles. The molecule has 3 nitrogen and oxygen atoms in total. The summed E-state index contributed by atoms with van der Waals surface area (Å²) in [7, 11) is 0. The van der Waals surface area contributed by atoms with Gasteiger partial charge in [0.25, 0.3) is 5.91 Å². The van der Waals surface area contributed by atoms with E-state index in [4.69, 9.17) is 0 Å². The lowest BCUT2D eigenvalue weighted by Gasteiger charge is -2.38. The minimum Gasteiger partial charge on any atom is -0.378 e. The first-order valence-electron chi connectivity index (χ1n) is 11.2. The van der Waals surface area contributed by atoms with Crippen LogP contribution in [0.5, 0.6) is 0 Å². The molecule has 0 aromatic heterocycles. The average molecular weight is 409 g/mol. The zero-order valence-corrected chi connectivity index (χ0v) is 18.1. The van der Waals surface area contributed by atoms with Gasteiger partial charge in [-0.1, -0.05) is 54.6 Å². The number of benzene rings is 3. The molecule has 0 fully saturated rings. The normalized spacial score (nSPS) is 21.2. The van der Waals surface area contributed by atoms with Crippen LogP contribution < -0.4 is 10.2 Å². The summed E-state index contributed by atoms with van der Waals surface area (Å²) in [6.45, 7) is 4.85. The lowest BCUT2D eigenvalue weighted by atomic mass is 9.76. The van der Waals surface area contributed by atoms with E-state index in [0.717, 1.165) is 23.4 Å². The Kier molecular flexibility index (Phi) is 5.11. The molecular formula is C28H28N2O. The van der Waals surface area contributed by atoms with E-state index in [2.05, 4.69) is 60.8 Å². The average Bonchev–Trinajstić information content (AvgIpc) is 3.30. The lowest BCUT2D eigenvalue weighted by molar-refractivity contribution is 0.0988. The van der Waals surface area contributed by atoms with E-state index in [0.29, 0.717) is 18.4 Å². The van der Waals surface area contributed by atoms with Crippen LogP contribution >= 0.6 is 0 Å². The van der Waals surface area contributed by atoms with Crippen molar-refractivity contribution in [2.45, 2.75) is 32.2 Å². The third-order valence-electron chi connectivity index (χ3n) is 6.76. The maximum Gasteiger partial charge on any atom is 0.258 e. The number of carbonyl (C=O) groups excluding carboxylic acids is 1. The first-order chi connectivity index (χ1) is 15.2. The maximum absolute atomic E-state index is 13.4. The number of para-hydroxylation sites is 1. The van der Waals surface area contributed by atoms with E-state index in [1.54, 1.807) is 0 Å². The molecule has 3 aromatic carbocycles.